The molecule has 24 heavy (non-hydrogen) atoms. The smallest absolute Gasteiger partial charge is 0.228 e. The molecule has 0 unspecified atom stereocenters. The number of rotatable bonds is 6. The van der Waals surface area contributed by atoms with Crippen LogP contribution in [-0.2, 0) is 17.6 Å². The molecule has 4 nitrogen and oxygen atoms in total. The lowest BCUT2D eigenvalue weighted by atomic mass is 9.70. The standard InChI is InChI=1S/C17H21N3OS2.ClH/c21-16(18-6-5-14-2-1-7-23-14)17(9-13-10-22-11-19-13)8-12-3-4-15(17)20-12;/h1-2,7,10-12,15,20H,3-6,8-9H2,(H,18,21);1H/t12-,15+,17-;/m0./s1. The van der Waals surface area contributed by atoms with E-state index in [2.05, 4.69) is 38.5 Å². The molecule has 4 heterocycles. The molecule has 2 aliphatic rings. The van der Waals surface area contributed by atoms with Gasteiger partial charge in [-0.2, -0.15) is 0 Å². The normalized spacial score (nSPS) is 27.8. The molecular weight excluding hydrogens is 362 g/mol. The van der Waals surface area contributed by atoms with Gasteiger partial charge in [-0.1, -0.05) is 6.07 Å². The van der Waals surface area contributed by atoms with Gasteiger partial charge in [0.15, 0.2) is 0 Å². The number of fused-ring (bicyclic) bond motifs is 2. The molecule has 2 bridgehead atoms. The first-order valence-electron chi connectivity index (χ1n) is 8.20. The third-order valence-corrected chi connectivity index (χ3v) is 6.76. The Balaban J connectivity index is 0.00000169. The molecule has 4 rings (SSSR count). The summed E-state index contributed by atoms with van der Waals surface area (Å²) in [6.45, 7) is 0.718. The van der Waals surface area contributed by atoms with Crippen LogP contribution in [0.2, 0.25) is 0 Å². The third kappa shape index (κ3) is 3.38. The molecule has 0 spiro atoms. The zero-order valence-corrected chi connectivity index (χ0v) is 15.8. The largest absolute Gasteiger partial charge is 0.355 e. The SMILES string of the molecule is Cl.O=C(NCCc1cccs1)[C@]1(Cc2cscn2)C[C@@H]2CC[C@H]1N2. The van der Waals surface area contributed by atoms with Gasteiger partial charge in [-0.25, -0.2) is 4.98 Å². The quantitative estimate of drug-likeness (QED) is 0.806. The lowest BCUT2D eigenvalue weighted by Gasteiger charge is -2.34. The highest BCUT2D eigenvalue weighted by Gasteiger charge is 2.55. The van der Waals surface area contributed by atoms with Gasteiger partial charge >= 0.3 is 0 Å². The minimum atomic E-state index is -0.313. The Kier molecular flexibility index (Phi) is 5.59. The van der Waals surface area contributed by atoms with Gasteiger partial charge in [-0.3, -0.25) is 4.79 Å². The molecule has 0 radical (unpaired) electrons. The van der Waals surface area contributed by atoms with Crippen LogP contribution in [0, 0.1) is 5.41 Å². The van der Waals surface area contributed by atoms with Crippen LogP contribution < -0.4 is 10.6 Å². The monoisotopic (exact) mass is 383 g/mol. The van der Waals surface area contributed by atoms with Gasteiger partial charge in [-0.15, -0.1) is 35.1 Å². The number of hydrogen-bond acceptors (Lipinski definition) is 5. The van der Waals surface area contributed by atoms with Crippen LogP contribution in [0.3, 0.4) is 0 Å². The van der Waals surface area contributed by atoms with Crippen LogP contribution in [0.5, 0.6) is 0 Å². The van der Waals surface area contributed by atoms with Crippen LogP contribution >= 0.6 is 35.1 Å². The molecule has 130 valence electrons. The van der Waals surface area contributed by atoms with E-state index < -0.39 is 0 Å². The first-order valence-corrected chi connectivity index (χ1v) is 10.0. The molecule has 2 saturated heterocycles. The molecule has 0 aliphatic carbocycles. The van der Waals surface area contributed by atoms with Crippen LogP contribution in [0.1, 0.15) is 29.8 Å². The summed E-state index contributed by atoms with van der Waals surface area (Å²) in [5.41, 5.74) is 2.60. The van der Waals surface area contributed by atoms with Gasteiger partial charge in [0.05, 0.1) is 16.6 Å². The molecule has 0 aromatic carbocycles. The highest BCUT2D eigenvalue weighted by molar-refractivity contribution is 7.09. The second-order valence-corrected chi connectivity index (χ2v) is 8.35. The average Bonchev–Trinajstić information content (AvgIpc) is 3.32. The number of thiophene rings is 1. The van der Waals surface area contributed by atoms with Crippen molar-refractivity contribution in [3.63, 3.8) is 0 Å². The van der Waals surface area contributed by atoms with Crippen LogP contribution in [0.25, 0.3) is 0 Å². The Bertz CT molecular complexity index is 661. The summed E-state index contributed by atoms with van der Waals surface area (Å²) < 4.78 is 0. The molecule has 2 N–H and O–H groups in total. The topological polar surface area (TPSA) is 54.0 Å². The first kappa shape index (κ1) is 17.9. The van der Waals surface area contributed by atoms with Crippen molar-refractivity contribution in [1.82, 2.24) is 15.6 Å². The molecule has 7 heteroatoms. The predicted octanol–water partition coefficient (Wildman–Crippen LogP) is 3.04. The van der Waals surface area contributed by atoms with E-state index >= 15 is 0 Å². The van der Waals surface area contributed by atoms with Crippen molar-refractivity contribution in [2.24, 2.45) is 5.41 Å². The van der Waals surface area contributed by atoms with E-state index in [1.807, 2.05) is 5.51 Å². The van der Waals surface area contributed by atoms with E-state index in [0.717, 1.165) is 37.9 Å². The number of nitrogens with zero attached hydrogens (tertiary/aromatic N) is 1. The lowest BCUT2D eigenvalue weighted by molar-refractivity contribution is -0.132. The average molecular weight is 384 g/mol. The van der Waals surface area contributed by atoms with Crippen molar-refractivity contribution < 1.29 is 4.79 Å². The number of carbonyl (C=O) groups is 1. The van der Waals surface area contributed by atoms with Gasteiger partial charge in [0.1, 0.15) is 0 Å². The second-order valence-electron chi connectivity index (χ2n) is 6.60. The van der Waals surface area contributed by atoms with Crippen LogP contribution in [-0.4, -0.2) is 29.5 Å². The lowest BCUT2D eigenvalue weighted by Crippen LogP contribution is -2.50. The molecule has 2 aromatic rings. The summed E-state index contributed by atoms with van der Waals surface area (Å²) in [5.74, 6) is 0.210. The number of thiazole rings is 1. The molecule has 1 amide bonds. The van der Waals surface area contributed by atoms with Crippen molar-refractivity contribution >= 4 is 41.0 Å². The Hall–Kier alpha value is -0.950. The number of amides is 1. The highest BCUT2D eigenvalue weighted by Crippen LogP contribution is 2.45. The van der Waals surface area contributed by atoms with Crippen molar-refractivity contribution in [2.45, 2.75) is 44.2 Å². The van der Waals surface area contributed by atoms with Crippen LogP contribution in [0.4, 0.5) is 0 Å². The predicted molar refractivity (Wildman–Crippen MR) is 101 cm³/mol. The summed E-state index contributed by atoms with van der Waals surface area (Å²) >= 11 is 3.36. The summed E-state index contributed by atoms with van der Waals surface area (Å²) in [5, 5.41) is 11.0. The van der Waals surface area contributed by atoms with E-state index in [1.54, 1.807) is 22.7 Å². The van der Waals surface area contributed by atoms with E-state index in [0.29, 0.717) is 12.1 Å². The van der Waals surface area contributed by atoms with Gasteiger partial charge in [0.25, 0.3) is 0 Å². The maximum absolute atomic E-state index is 13.0. The summed E-state index contributed by atoms with van der Waals surface area (Å²) in [6.07, 6.45) is 4.92. The minimum absolute atomic E-state index is 0. The minimum Gasteiger partial charge on any atom is -0.355 e. The van der Waals surface area contributed by atoms with Gasteiger partial charge < -0.3 is 10.6 Å². The highest BCUT2D eigenvalue weighted by atomic mass is 35.5. The number of halogens is 1. The molecular formula is C17H22ClN3OS2. The van der Waals surface area contributed by atoms with Gasteiger partial charge in [0, 0.05) is 35.3 Å². The molecule has 2 aromatic heterocycles. The number of carbonyl (C=O) groups excluding carboxylic acids is 1. The first-order chi connectivity index (χ1) is 11.3. The molecule has 2 fully saturated rings. The van der Waals surface area contributed by atoms with Crippen molar-refractivity contribution in [1.29, 1.82) is 0 Å². The number of hydrogen-bond donors (Lipinski definition) is 2. The number of nitrogens with one attached hydrogen (secondary N) is 2. The molecule has 0 saturated carbocycles. The number of aromatic nitrogens is 1. The zero-order chi connectivity index (χ0) is 15.7. The summed E-state index contributed by atoms with van der Waals surface area (Å²) in [7, 11) is 0. The van der Waals surface area contributed by atoms with Crippen LogP contribution in [0.15, 0.2) is 28.4 Å². The summed E-state index contributed by atoms with van der Waals surface area (Å²) in [4.78, 5) is 18.8. The molecule has 2 aliphatic heterocycles. The fourth-order valence-electron chi connectivity index (χ4n) is 4.10. The van der Waals surface area contributed by atoms with Crippen molar-refractivity contribution in [3.05, 3.63) is 39.0 Å². The molecule has 3 atom stereocenters. The Morgan fingerprint density at radius 2 is 2.38 bits per heavy atom. The fraction of sp³-hybridized carbons (Fsp3) is 0.529. The van der Waals surface area contributed by atoms with E-state index in [4.69, 9.17) is 0 Å². The Morgan fingerprint density at radius 1 is 1.46 bits per heavy atom. The van der Waals surface area contributed by atoms with E-state index in [9.17, 15) is 4.79 Å². The van der Waals surface area contributed by atoms with Crippen molar-refractivity contribution in [2.75, 3.05) is 6.54 Å². The fourth-order valence-corrected chi connectivity index (χ4v) is 5.37. The maximum Gasteiger partial charge on any atom is 0.228 e. The van der Waals surface area contributed by atoms with Gasteiger partial charge in [-0.05, 0) is 37.1 Å². The third-order valence-electron chi connectivity index (χ3n) is 5.19. The van der Waals surface area contributed by atoms with Crippen molar-refractivity contribution in [3.8, 4) is 0 Å². The Labute approximate surface area is 156 Å². The Morgan fingerprint density at radius 3 is 3.00 bits per heavy atom. The zero-order valence-electron chi connectivity index (χ0n) is 13.4. The van der Waals surface area contributed by atoms with E-state index in [1.165, 1.54) is 11.3 Å². The van der Waals surface area contributed by atoms with Gasteiger partial charge in [0.2, 0.25) is 5.91 Å². The summed E-state index contributed by atoms with van der Waals surface area (Å²) in [6, 6.07) is 4.99. The second kappa shape index (κ2) is 7.52. The maximum atomic E-state index is 13.0. The van der Waals surface area contributed by atoms with E-state index in [-0.39, 0.29) is 23.7 Å².